The molecule has 4 atom stereocenters. The number of Topliss-reactive ketones (excluding diaryl/α,β-unsaturated/α-hetero) is 1. The van der Waals surface area contributed by atoms with E-state index >= 15 is 0 Å². The molecule has 2 aromatic heterocycles. The Labute approximate surface area is 169 Å². The quantitative estimate of drug-likeness (QED) is 0.428. The Balaban J connectivity index is 1.47. The minimum absolute atomic E-state index is 0.0164. The lowest BCUT2D eigenvalue weighted by atomic mass is 10.00. The van der Waals surface area contributed by atoms with E-state index in [9.17, 15) is 24.9 Å². The van der Waals surface area contributed by atoms with Crippen molar-refractivity contribution in [3.05, 3.63) is 48.0 Å². The third kappa shape index (κ3) is 3.49. The molecule has 3 aromatic rings. The molecule has 0 radical (unpaired) electrons. The average molecular weight is 412 g/mol. The van der Waals surface area contributed by atoms with Gasteiger partial charge in [-0.3, -0.25) is 9.36 Å². The van der Waals surface area contributed by atoms with E-state index in [2.05, 4.69) is 15.0 Å². The van der Waals surface area contributed by atoms with Crippen LogP contribution >= 0.6 is 0 Å². The number of carboxylic acids is 1. The van der Waals surface area contributed by atoms with Crippen molar-refractivity contribution in [3.63, 3.8) is 0 Å². The number of aromatic carboxylic acids is 1. The number of nitrogens with two attached hydrogens (primary N) is 1. The van der Waals surface area contributed by atoms with Crippen LogP contribution in [0.3, 0.4) is 0 Å². The standard InChI is InChI=1S/C19H19N5O6/c20-16-13-17(22-7-21-16)24(8-23-13)18-15(27)14(26)12(30-18)5-4-11(25)9-2-1-3-10(6-9)19(28)29/h1-3,6-8,12,14-15,18,26-27H,4-5H2,(H,28,29)(H2,20,21,22)/p-1/t12-,14-,15-,18-/m1/s1. The van der Waals surface area contributed by atoms with Crippen LogP contribution in [0.15, 0.2) is 36.9 Å². The number of nitrogens with zero attached hydrogens (tertiary/aromatic N) is 4. The predicted molar refractivity (Wildman–Crippen MR) is 100.0 cm³/mol. The van der Waals surface area contributed by atoms with E-state index in [4.69, 9.17) is 10.5 Å². The van der Waals surface area contributed by atoms with E-state index in [1.54, 1.807) is 0 Å². The topological polar surface area (TPSA) is 177 Å². The van der Waals surface area contributed by atoms with Crippen LogP contribution in [-0.4, -0.2) is 59.8 Å². The molecule has 0 bridgehead atoms. The molecule has 1 aromatic carbocycles. The molecule has 1 aliphatic rings. The lowest BCUT2D eigenvalue weighted by Crippen LogP contribution is -2.31. The number of aromatic nitrogens is 4. The highest BCUT2D eigenvalue weighted by Crippen LogP contribution is 2.33. The highest BCUT2D eigenvalue weighted by molar-refractivity contribution is 5.98. The van der Waals surface area contributed by atoms with Crippen LogP contribution in [0.5, 0.6) is 0 Å². The fourth-order valence-electron chi connectivity index (χ4n) is 3.49. The number of hydrogen-bond acceptors (Lipinski definition) is 10. The van der Waals surface area contributed by atoms with Gasteiger partial charge in [0.25, 0.3) is 0 Å². The lowest BCUT2D eigenvalue weighted by molar-refractivity contribution is -0.255. The van der Waals surface area contributed by atoms with E-state index in [0.29, 0.717) is 11.2 Å². The van der Waals surface area contributed by atoms with Crippen LogP contribution in [0.25, 0.3) is 11.2 Å². The second-order valence-electron chi connectivity index (χ2n) is 6.96. The van der Waals surface area contributed by atoms with Gasteiger partial charge in [0.1, 0.15) is 24.1 Å². The molecule has 1 aliphatic heterocycles. The van der Waals surface area contributed by atoms with Gasteiger partial charge in [-0.05, 0) is 18.1 Å². The highest BCUT2D eigenvalue weighted by atomic mass is 16.6. The summed E-state index contributed by atoms with van der Waals surface area (Å²) in [7, 11) is 0. The van der Waals surface area contributed by atoms with Gasteiger partial charge in [0.05, 0.1) is 18.4 Å². The highest BCUT2D eigenvalue weighted by Gasteiger charge is 2.44. The maximum Gasteiger partial charge on any atom is 0.167 e. The molecule has 3 heterocycles. The Bertz CT molecular complexity index is 1120. The fourth-order valence-corrected chi connectivity index (χ4v) is 3.49. The molecule has 0 spiro atoms. The van der Waals surface area contributed by atoms with E-state index < -0.39 is 30.5 Å². The zero-order chi connectivity index (χ0) is 21.4. The minimum Gasteiger partial charge on any atom is -0.545 e. The summed E-state index contributed by atoms with van der Waals surface area (Å²) < 4.78 is 7.24. The molecule has 4 rings (SSSR count). The number of carboxylic acid groups (broad SMARTS) is 1. The average Bonchev–Trinajstić information content (AvgIpc) is 3.29. The maximum atomic E-state index is 12.4. The van der Waals surface area contributed by atoms with Gasteiger partial charge >= 0.3 is 0 Å². The number of fused-ring (bicyclic) bond motifs is 1. The van der Waals surface area contributed by atoms with Crippen LogP contribution in [-0.2, 0) is 4.74 Å². The van der Waals surface area contributed by atoms with Crippen molar-refractivity contribution in [3.8, 4) is 0 Å². The van der Waals surface area contributed by atoms with Gasteiger partial charge in [0, 0.05) is 12.0 Å². The molecule has 1 saturated heterocycles. The van der Waals surface area contributed by atoms with Crippen molar-refractivity contribution >= 4 is 28.7 Å². The molecule has 1 fully saturated rings. The smallest absolute Gasteiger partial charge is 0.167 e. The van der Waals surface area contributed by atoms with Crippen LogP contribution in [0.4, 0.5) is 5.82 Å². The summed E-state index contributed by atoms with van der Waals surface area (Å²) in [6, 6.07) is 5.53. The number of carbonyl (C=O) groups is 2. The molecule has 11 heteroatoms. The van der Waals surface area contributed by atoms with Gasteiger partial charge < -0.3 is 30.6 Å². The van der Waals surface area contributed by atoms with Crippen LogP contribution < -0.4 is 10.8 Å². The van der Waals surface area contributed by atoms with Crippen molar-refractivity contribution in [2.45, 2.75) is 37.4 Å². The molecule has 11 nitrogen and oxygen atoms in total. The first-order valence-electron chi connectivity index (χ1n) is 9.16. The molecule has 30 heavy (non-hydrogen) atoms. The van der Waals surface area contributed by atoms with Gasteiger partial charge in [0.15, 0.2) is 23.5 Å². The number of rotatable bonds is 6. The van der Waals surface area contributed by atoms with E-state index in [1.807, 2.05) is 0 Å². The molecule has 0 amide bonds. The summed E-state index contributed by atoms with van der Waals surface area (Å²) in [6.45, 7) is 0. The summed E-state index contributed by atoms with van der Waals surface area (Å²) in [6.07, 6.45) is -1.57. The Morgan fingerprint density at radius 2 is 1.93 bits per heavy atom. The largest absolute Gasteiger partial charge is 0.545 e. The minimum atomic E-state index is -1.37. The normalized spacial score (nSPS) is 23.7. The van der Waals surface area contributed by atoms with E-state index in [1.165, 1.54) is 41.5 Å². The number of aliphatic hydroxyl groups is 2. The van der Waals surface area contributed by atoms with E-state index in [-0.39, 0.29) is 35.6 Å². The molecular weight excluding hydrogens is 394 g/mol. The zero-order valence-electron chi connectivity index (χ0n) is 15.6. The first kappa shape index (κ1) is 19.9. The number of nitrogen functional groups attached to an aromatic ring is 1. The van der Waals surface area contributed by atoms with Crippen LogP contribution in [0.2, 0.25) is 0 Å². The maximum absolute atomic E-state index is 12.4. The number of ether oxygens (including phenoxy) is 1. The SMILES string of the molecule is Nc1ncnc2c1ncn2[C@@H]1O[C@H](CCC(=O)c2cccc(C(=O)[O-])c2)[C@@H](O)[C@H]1O. The van der Waals surface area contributed by atoms with Gasteiger partial charge in [-0.15, -0.1) is 0 Å². The first-order valence-corrected chi connectivity index (χ1v) is 9.16. The van der Waals surface area contributed by atoms with Gasteiger partial charge in [0.2, 0.25) is 0 Å². The summed E-state index contributed by atoms with van der Waals surface area (Å²) in [5.41, 5.74) is 6.57. The number of ketones is 1. The lowest BCUT2D eigenvalue weighted by Gasteiger charge is -2.16. The van der Waals surface area contributed by atoms with Crippen molar-refractivity contribution in [1.82, 2.24) is 19.5 Å². The van der Waals surface area contributed by atoms with Gasteiger partial charge in [-0.1, -0.05) is 18.2 Å². The molecule has 0 unspecified atom stereocenters. The first-order chi connectivity index (χ1) is 14.4. The Kier molecular flexibility index (Phi) is 5.16. The molecule has 0 saturated carbocycles. The third-order valence-electron chi connectivity index (χ3n) is 5.07. The second kappa shape index (κ2) is 7.78. The van der Waals surface area contributed by atoms with Crippen molar-refractivity contribution < 1.29 is 29.6 Å². The molecule has 156 valence electrons. The fraction of sp³-hybridized carbons (Fsp3) is 0.316. The number of hydrogen-bond donors (Lipinski definition) is 3. The van der Waals surface area contributed by atoms with E-state index in [0.717, 1.165) is 0 Å². The monoisotopic (exact) mass is 412 g/mol. The number of benzene rings is 1. The van der Waals surface area contributed by atoms with Crippen molar-refractivity contribution in [1.29, 1.82) is 0 Å². The Hall–Kier alpha value is -3.41. The zero-order valence-corrected chi connectivity index (χ0v) is 15.6. The summed E-state index contributed by atoms with van der Waals surface area (Å²) >= 11 is 0. The van der Waals surface area contributed by atoms with Gasteiger partial charge in [-0.25, -0.2) is 15.0 Å². The summed E-state index contributed by atoms with van der Waals surface area (Å²) in [4.78, 5) is 35.4. The number of anilines is 1. The number of carbonyl (C=O) groups excluding carboxylic acids is 2. The van der Waals surface area contributed by atoms with Crippen LogP contribution in [0, 0.1) is 0 Å². The third-order valence-corrected chi connectivity index (χ3v) is 5.07. The Morgan fingerprint density at radius 3 is 2.70 bits per heavy atom. The van der Waals surface area contributed by atoms with Crippen molar-refractivity contribution in [2.75, 3.05) is 5.73 Å². The Morgan fingerprint density at radius 1 is 1.17 bits per heavy atom. The predicted octanol–water partition coefficient (Wildman–Crippen LogP) is -0.946. The summed E-state index contributed by atoms with van der Waals surface area (Å²) in [5.74, 6) is -1.52. The second-order valence-corrected chi connectivity index (χ2v) is 6.96. The molecular formula is C19H18N5O6-. The molecule has 0 aliphatic carbocycles. The van der Waals surface area contributed by atoms with Gasteiger partial charge in [-0.2, -0.15) is 0 Å². The number of aliphatic hydroxyl groups excluding tert-OH is 2. The number of imidazole rings is 1. The summed E-state index contributed by atoms with van der Waals surface area (Å²) in [5, 5.41) is 31.8. The van der Waals surface area contributed by atoms with Crippen LogP contribution in [0.1, 0.15) is 39.8 Å². The van der Waals surface area contributed by atoms with Crippen molar-refractivity contribution in [2.24, 2.45) is 0 Å². The molecule has 4 N–H and O–H groups in total.